The maximum absolute atomic E-state index is 8.99. The molecule has 2 atom stereocenters. The molecule has 0 saturated heterocycles. The Morgan fingerprint density at radius 2 is 2.33 bits per heavy atom. The predicted octanol–water partition coefficient (Wildman–Crippen LogP) is 1.56. The summed E-state index contributed by atoms with van der Waals surface area (Å²) in [6.07, 6.45) is 6.78. The largest absolute Gasteiger partial charge is 0.396 e. The quantitative estimate of drug-likeness (QED) is 0.565. The van der Waals surface area contributed by atoms with Gasteiger partial charge < -0.3 is 5.11 Å². The lowest BCUT2D eigenvalue weighted by molar-refractivity contribution is 0.171. The maximum atomic E-state index is 8.99. The zero-order chi connectivity index (χ0) is 6.32. The highest BCUT2D eigenvalue weighted by Crippen LogP contribution is 2.60. The van der Waals surface area contributed by atoms with E-state index >= 15 is 0 Å². The fourth-order valence-corrected chi connectivity index (χ4v) is 2.29. The average Bonchev–Trinajstić information content (AvgIpc) is 2.62. The summed E-state index contributed by atoms with van der Waals surface area (Å²) in [4.78, 5) is 0. The molecule has 0 aliphatic heterocycles. The minimum Gasteiger partial charge on any atom is -0.396 e. The van der Waals surface area contributed by atoms with Crippen LogP contribution in [0.4, 0.5) is 0 Å². The van der Waals surface area contributed by atoms with Gasteiger partial charge in [0.25, 0.3) is 0 Å². The molecule has 0 amide bonds. The molecule has 1 heteroatoms. The second-order valence-corrected chi connectivity index (χ2v) is 3.67. The van der Waals surface area contributed by atoms with Crippen LogP contribution in [-0.2, 0) is 0 Å². The Morgan fingerprint density at radius 3 is 2.89 bits per heavy atom. The third-order valence-electron chi connectivity index (χ3n) is 3.15. The Balaban J connectivity index is 2.01. The van der Waals surface area contributed by atoms with Crippen molar-refractivity contribution in [1.29, 1.82) is 0 Å². The van der Waals surface area contributed by atoms with Crippen molar-refractivity contribution in [3.8, 4) is 0 Å². The van der Waals surface area contributed by atoms with E-state index in [-0.39, 0.29) is 0 Å². The Labute approximate surface area is 56.1 Å². The van der Waals surface area contributed by atoms with Gasteiger partial charge in [-0.2, -0.15) is 0 Å². The van der Waals surface area contributed by atoms with Gasteiger partial charge in [-0.15, -0.1) is 0 Å². The molecule has 2 fully saturated rings. The third-order valence-corrected chi connectivity index (χ3v) is 3.15. The Morgan fingerprint density at radius 1 is 1.44 bits per heavy atom. The highest BCUT2D eigenvalue weighted by atomic mass is 16.3. The van der Waals surface area contributed by atoms with Gasteiger partial charge in [-0.1, -0.05) is 12.8 Å². The number of hydrogen-bond donors (Lipinski definition) is 1. The van der Waals surface area contributed by atoms with E-state index in [9.17, 15) is 0 Å². The van der Waals surface area contributed by atoms with Crippen molar-refractivity contribution in [2.75, 3.05) is 6.61 Å². The highest BCUT2D eigenvalue weighted by molar-refractivity contribution is 5.03. The molecule has 2 rings (SSSR count). The van der Waals surface area contributed by atoms with Crippen LogP contribution >= 0.6 is 0 Å². The number of rotatable bonds is 1. The van der Waals surface area contributed by atoms with E-state index in [0.29, 0.717) is 12.0 Å². The fourth-order valence-electron chi connectivity index (χ4n) is 2.29. The molecule has 0 spiro atoms. The van der Waals surface area contributed by atoms with Crippen LogP contribution in [0.1, 0.15) is 32.1 Å². The number of hydrogen-bond acceptors (Lipinski definition) is 1. The molecule has 0 aromatic carbocycles. The molecule has 2 aliphatic rings. The maximum Gasteiger partial charge on any atom is 0.0490 e. The lowest BCUT2D eigenvalue weighted by Crippen LogP contribution is -2.13. The van der Waals surface area contributed by atoms with Gasteiger partial charge in [-0.05, 0) is 30.6 Å². The molecule has 0 aromatic rings. The van der Waals surface area contributed by atoms with Crippen molar-refractivity contribution in [3.05, 3.63) is 0 Å². The third kappa shape index (κ3) is 0.710. The van der Waals surface area contributed by atoms with Crippen LogP contribution < -0.4 is 0 Å². The zero-order valence-electron chi connectivity index (χ0n) is 5.77. The molecular weight excluding hydrogens is 112 g/mol. The molecule has 2 aliphatic carbocycles. The first kappa shape index (κ1) is 5.72. The van der Waals surface area contributed by atoms with E-state index in [1.165, 1.54) is 32.1 Å². The lowest BCUT2D eigenvalue weighted by atomic mass is 9.89. The Kier molecular flexibility index (Phi) is 1.10. The van der Waals surface area contributed by atoms with Crippen molar-refractivity contribution in [3.63, 3.8) is 0 Å². The molecule has 1 nitrogen and oxygen atoms in total. The monoisotopic (exact) mass is 126 g/mol. The fraction of sp³-hybridized carbons (Fsp3) is 1.00. The van der Waals surface area contributed by atoms with Gasteiger partial charge in [0.1, 0.15) is 0 Å². The molecule has 9 heavy (non-hydrogen) atoms. The molecule has 2 saturated carbocycles. The number of aliphatic hydroxyl groups excluding tert-OH is 1. The van der Waals surface area contributed by atoms with E-state index < -0.39 is 0 Å². The second-order valence-electron chi connectivity index (χ2n) is 3.67. The Bertz CT molecular complexity index is 122. The van der Waals surface area contributed by atoms with Gasteiger partial charge in [0.15, 0.2) is 0 Å². The topological polar surface area (TPSA) is 20.2 Å². The summed E-state index contributed by atoms with van der Waals surface area (Å²) >= 11 is 0. The van der Waals surface area contributed by atoms with Crippen molar-refractivity contribution in [2.24, 2.45) is 11.3 Å². The SMILES string of the molecule is OC[C@]12CCCC[C@H]1C2. The molecule has 0 radical (unpaired) electrons. The summed E-state index contributed by atoms with van der Waals surface area (Å²) in [7, 11) is 0. The first-order chi connectivity index (χ1) is 4.37. The normalized spacial score (nSPS) is 48.3. The first-order valence-electron chi connectivity index (χ1n) is 3.98. The molecule has 0 bridgehead atoms. The Hall–Kier alpha value is -0.0400. The van der Waals surface area contributed by atoms with Crippen LogP contribution in [0.15, 0.2) is 0 Å². The van der Waals surface area contributed by atoms with Crippen molar-refractivity contribution in [1.82, 2.24) is 0 Å². The van der Waals surface area contributed by atoms with Crippen LogP contribution in [0, 0.1) is 11.3 Å². The number of fused-ring (bicyclic) bond motifs is 1. The highest BCUT2D eigenvalue weighted by Gasteiger charge is 2.53. The molecular formula is C8H14O. The van der Waals surface area contributed by atoms with Crippen LogP contribution in [0.25, 0.3) is 0 Å². The summed E-state index contributed by atoms with van der Waals surface area (Å²) in [6.45, 7) is 0.456. The van der Waals surface area contributed by atoms with E-state index in [0.717, 1.165) is 5.92 Å². The van der Waals surface area contributed by atoms with E-state index in [1.807, 2.05) is 0 Å². The van der Waals surface area contributed by atoms with Gasteiger partial charge in [-0.25, -0.2) is 0 Å². The minimum atomic E-state index is 0.443. The summed E-state index contributed by atoms with van der Waals surface area (Å²) in [5.41, 5.74) is 0.443. The minimum absolute atomic E-state index is 0.443. The van der Waals surface area contributed by atoms with E-state index in [4.69, 9.17) is 5.11 Å². The van der Waals surface area contributed by atoms with E-state index in [2.05, 4.69) is 0 Å². The predicted molar refractivity (Wildman–Crippen MR) is 36.1 cm³/mol. The van der Waals surface area contributed by atoms with Gasteiger partial charge in [-0.3, -0.25) is 0 Å². The standard InChI is InChI=1S/C8H14O/c9-6-8-4-2-1-3-7(8)5-8/h7,9H,1-6H2/t7-,8+/m0/s1. The second kappa shape index (κ2) is 1.72. The van der Waals surface area contributed by atoms with Crippen LogP contribution in [0.5, 0.6) is 0 Å². The smallest absolute Gasteiger partial charge is 0.0490 e. The molecule has 0 unspecified atom stereocenters. The van der Waals surface area contributed by atoms with Crippen molar-refractivity contribution < 1.29 is 5.11 Å². The molecule has 52 valence electrons. The van der Waals surface area contributed by atoms with Crippen molar-refractivity contribution >= 4 is 0 Å². The zero-order valence-corrected chi connectivity index (χ0v) is 5.77. The summed E-state index contributed by atoms with van der Waals surface area (Å²) in [6, 6.07) is 0. The lowest BCUT2D eigenvalue weighted by Gasteiger charge is -2.18. The van der Waals surface area contributed by atoms with Gasteiger partial charge in [0.2, 0.25) is 0 Å². The van der Waals surface area contributed by atoms with Crippen LogP contribution in [-0.4, -0.2) is 11.7 Å². The molecule has 0 aromatic heterocycles. The first-order valence-corrected chi connectivity index (χ1v) is 3.98. The van der Waals surface area contributed by atoms with E-state index in [1.54, 1.807) is 0 Å². The van der Waals surface area contributed by atoms with Crippen LogP contribution in [0.2, 0.25) is 0 Å². The molecule has 0 heterocycles. The van der Waals surface area contributed by atoms with Gasteiger partial charge in [0.05, 0.1) is 0 Å². The van der Waals surface area contributed by atoms with Crippen molar-refractivity contribution in [2.45, 2.75) is 32.1 Å². The summed E-state index contributed by atoms with van der Waals surface area (Å²) in [5.74, 6) is 0.913. The van der Waals surface area contributed by atoms with Gasteiger partial charge >= 0.3 is 0 Å². The number of aliphatic hydroxyl groups is 1. The average molecular weight is 126 g/mol. The summed E-state index contributed by atoms with van der Waals surface area (Å²) < 4.78 is 0. The molecule has 1 N–H and O–H groups in total. The van der Waals surface area contributed by atoms with Crippen LogP contribution in [0.3, 0.4) is 0 Å². The summed E-state index contributed by atoms with van der Waals surface area (Å²) in [5, 5.41) is 8.99. The van der Waals surface area contributed by atoms with Gasteiger partial charge in [0, 0.05) is 6.61 Å².